The maximum atomic E-state index is 13.1. The molecule has 1 unspecified atom stereocenters. The Morgan fingerprint density at radius 1 is 1.24 bits per heavy atom. The standard InChI is InChI=1S/C13H14FN3/c1-9-8-10(14)4-5-11(9)12(15-2)13-16-6-3-7-17-13/h3-8,12,15H,1-2H3. The number of hydrogen-bond acceptors (Lipinski definition) is 3. The number of nitrogens with one attached hydrogen (secondary N) is 1. The van der Waals surface area contributed by atoms with Crippen molar-refractivity contribution in [1.29, 1.82) is 0 Å². The van der Waals surface area contributed by atoms with Crippen molar-refractivity contribution >= 4 is 0 Å². The molecule has 2 aromatic rings. The van der Waals surface area contributed by atoms with Gasteiger partial charge in [0.15, 0.2) is 0 Å². The lowest BCUT2D eigenvalue weighted by Gasteiger charge is -2.17. The lowest BCUT2D eigenvalue weighted by Crippen LogP contribution is -2.21. The molecule has 1 heterocycles. The molecule has 17 heavy (non-hydrogen) atoms. The summed E-state index contributed by atoms with van der Waals surface area (Å²) in [4.78, 5) is 8.44. The van der Waals surface area contributed by atoms with Crippen molar-refractivity contribution in [2.45, 2.75) is 13.0 Å². The molecular weight excluding hydrogens is 217 g/mol. The van der Waals surface area contributed by atoms with Crippen molar-refractivity contribution in [2.75, 3.05) is 7.05 Å². The predicted molar refractivity (Wildman–Crippen MR) is 64.1 cm³/mol. The predicted octanol–water partition coefficient (Wildman–Crippen LogP) is 2.23. The fourth-order valence-electron chi connectivity index (χ4n) is 1.85. The lowest BCUT2D eigenvalue weighted by molar-refractivity contribution is 0.614. The zero-order valence-electron chi connectivity index (χ0n) is 9.81. The smallest absolute Gasteiger partial charge is 0.149 e. The van der Waals surface area contributed by atoms with Crippen molar-refractivity contribution < 1.29 is 4.39 Å². The molecular formula is C13H14FN3. The quantitative estimate of drug-likeness (QED) is 0.880. The summed E-state index contributed by atoms with van der Waals surface area (Å²) < 4.78 is 13.1. The van der Waals surface area contributed by atoms with Crippen LogP contribution in [0.3, 0.4) is 0 Å². The Morgan fingerprint density at radius 2 is 1.94 bits per heavy atom. The van der Waals surface area contributed by atoms with Gasteiger partial charge in [-0.3, -0.25) is 0 Å². The number of hydrogen-bond donors (Lipinski definition) is 1. The van der Waals surface area contributed by atoms with E-state index < -0.39 is 0 Å². The Morgan fingerprint density at radius 3 is 2.53 bits per heavy atom. The van der Waals surface area contributed by atoms with Crippen LogP contribution in [0.15, 0.2) is 36.7 Å². The van der Waals surface area contributed by atoms with Crippen LogP contribution in [0.4, 0.5) is 4.39 Å². The van der Waals surface area contributed by atoms with E-state index in [4.69, 9.17) is 0 Å². The van der Waals surface area contributed by atoms with Gasteiger partial charge in [-0.05, 0) is 43.3 Å². The third-order valence-corrected chi connectivity index (χ3v) is 2.68. The highest BCUT2D eigenvalue weighted by molar-refractivity contribution is 5.33. The van der Waals surface area contributed by atoms with Crippen molar-refractivity contribution in [1.82, 2.24) is 15.3 Å². The van der Waals surface area contributed by atoms with Crippen molar-refractivity contribution in [3.05, 3.63) is 59.4 Å². The van der Waals surface area contributed by atoms with Crippen LogP contribution in [0.1, 0.15) is 23.0 Å². The molecule has 0 saturated carbocycles. The van der Waals surface area contributed by atoms with Crippen LogP contribution in [0, 0.1) is 12.7 Å². The van der Waals surface area contributed by atoms with Gasteiger partial charge >= 0.3 is 0 Å². The van der Waals surface area contributed by atoms with Gasteiger partial charge in [0.25, 0.3) is 0 Å². The van der Waals surface area contributed by atoms with Gasteiger partial charge in [0.2, 0.25) is 0 Å². The summed E-state index contributed by atoms with van der Waals surface area (Å²) >= 11 is 0. The van der Waals surface area contributed by atoms with Crippen molar-refractivity contribution in [2.24, 2.45) is 0 Å². The van der Waals surface area contributed by atoms with Gasteiger partial charge in [0.05, 0.1) is 6.04 Å². The lowest BCUT2D eigenvalue weighted by atomic mass is 10.0. The number of nitrogens with zero attached hydrogens (tertiary/aromatic N) is 2. The molecule has 1 atom stereocenters. The maximum absolute atomic E-state index is 13.1. The van der Waals surface area contributed by atoms with E-state index >= 15 is 0 Å². The van der Waals surface area contributed by atoms with Crippen LogP contribution in [0.5, 0.6) is 0 Å². The fourth-order valence-corrected chi connectivity index (χ4v) is 1.85. The molecule has 3 nitrogen and oxygen atoms in total. The van der Waals surface area contributed by atoms with Crippen LogP contribution in [0.2, 0.25) is 0 Å². The van der Waals surface area contributed by atoms with E-state index in [2.05, 4.69) is 15.3 Å². The third-order valence-electron chi connectivity index (χ3n) is 2.68. The minimum absolute atomic E-state index is 0.114. The van der Waals surface area contributed by atoms with E-state index in [0.29, 0.717) is 5.82 Å². The maximum Gasteiger partial charge on any atom is 0.149 e. The Bertz CT molecular complexity index is 499. The van der Waals surface area contributed by atoms with Gasteiger partial charge in [-0.25, -0.2) is 14.4 Å². The first-order valence-corrected chi connectivity index (χ1v) is 5.42. The third kappa shape index (κ3) is 2.47. The molecule has 4 heteroatoms. The summed E-state index contributed by atoms with van der Waals surface area (Å²) in [6.45, 7) is 1.88. The summed E-state index contributed by atoms with van der Waals surface area (Å²) in [6.07, 6.45) is 3.40. The molecule has 0 saturated heterocycles. The average Bonchev–Trinajstić information content (AvgIpc) is 2.34. The zero-order chi connectivity index (χ0) is 12.3. The summed E-state index contributed by atoms with van der Waals surface area (Å²) in [7, 11) is 1.84. The van der Waals surface area contributed by atoms with Crippen LogP contribution < -0.4 is 5.32 Å². The van der Waals surface area contributed by atoms with Gasteiger partial charge in [0, 0.05) is 12.4 Å². The van der Waals surface area contributed by atoms with Gasteiger partial charge in [-0.15, -0.1) is 0 Å². The Hall–Kier alpha value is -1.81. The molecule has 0 amide bonds. The molecule has 2 rings (SSSR count). The van der Waals surface area contributed by atoms with E-state index in [1.807, 2.05) is 14.0 Å². The molecule has 1 aromatic carbocycles. The normalized spacial score (nSPS) is 12.4. The number of halogens is 1. The highest BCUT2D eigenvalue weighted by Gasteiger charge is 2.16. The number of aryl methyl sites for hydroxylation is 1. The van der Waals surface area contributed by atoms with Gasteiger partial charge < -0.3 is 5.32 Å². The molecule has 88 valence electrons. The molecule has 0 aliphatic rings. The summed E-state index contributed by atoms with van der Waals surface area (Å²) in [5, 5.41) is 3.15. The second-order valence-electron chi connectivity index (χ2n) is 3.83. The van der Waals surface area contributed by atoms with Gasteiger partial charge in [0.1, 0.15) is 11.6 Å². The molecule has 0 bridgehead atoms. The van der Waals surface area contributed by atoms with E-state index in [-0.39, 0.29) is 11.9 Å². The highest BCUT2D eigenvalue weighted by atomic mass is 19.1. The van der Waals surface area contributed by atoms with E-state index in [1.54, 1.807) is 24.5 Å². The first-order valence-electron chi connectivity index (χ1n) is 5.42. The number of benzene rings is 1. The zero-order valence-corrected chi connectivity index (χ0v) is 9.81. The Labute approximate surface area is 99.7 Å². The Kier molecular flexibility index (Phi) is 3.44. The summed E-state index contributed by atoms with van der Waals surface area (Å²) in [5.74, 6) is 0.458. The molecule has 0 spiro atoms. The first-order chi connectivity index (χ1) is 8.22. The summed E-state index contributed by atoms with van der Waals surface area (Å²) in [6, 6.07) is 6.39. The monoisotopic (exact) mass is 231 g/mol. The highest BCUT2D eigenvalue weighted by Crippen LogP contribution is 2.22. The van der Waals surface area contributed by atoms with Crippen molar-refractivity contribution in [3.63, 3.8) is 0 Å². The topological polar surface area (TPSA) is 37.8 Å². The van der Waals surface area contributed by atoms with E-state index in [0.717, 1.165) is 11.1 Å². The molecule has 1 aromatic heterocycles. The summed E-state index contributed by atoms with van der Waals surface area (Å²) in [5.41, 5.74) is 1.87. The van der Waals surface area contributed by atoms with Crippen LogP contribution in [-0.4, -0.2) is 17.0 Å². The van der Waals surface area contributed by atoms with Gasteiger partial charge in [-0.2, -0.15) is 0 Å². The van der Waals surface area contributed by atoms with E-state index in [9.17, 15) is 4.39 Å². The van der Waals surface area contributed by atoms with Crippen LogP contribution in [0.25, 0.3) is 0 Å². The van der Waals surface area contributed by atoms with Crippen LogP contribution in [-0.2, 0) is 0 Å². The number of rotatable bonds is 3. The molecule has 0 aliphatic heterocycles. The molecule has 1 N–H and O–H groups in total. The Balaban J connectivity index is 2.42. The second kappa shape index (κ2) is 5.01. The molecule has 0 aliphatic carbocycles. The first kappa shape index (κ1) is 11.7. The molecule has 0 radical (unpaired) electrons. The SMILES string of the molecule is CNC(c1ncccn1)c1ccc(F)cc1C. The van der Waals surface area contributed by atoms with Crippen molar-refractivity contribution in [3.8, 4) is 0 Å². The minimum Gasteiger partial charge on any atom is -0.307 e. The van der Waals surface area contributed by atoms with E-state index in [1.165, 1.54) is 12.1 Å². The van der Waals surface area contributed by atoms with Gasteiger partial charge in [-0.1, -0.05) is 6.07 Å². The number of aromatic nitrogens is 2. The molecule has 0 fully saturated rings. The minimum atomic E-state index is -0.227. The second-order valence-corrected chi connectivity index (χ2v) is 3.83. The largest absolute Gasteiger partial charge is 0.307 e. The fraction of sp³-hybridized carbons (Fsp3) is 0.231. The average molecular weight is 231 g/mol. The van der Waals surface area contributed by atoms with Crippen LogP contribution >= 0.6 is 0 Å².